The van der Waals surface area contributed by atoms with Crippen LogP contribution in [0.3, 0.4) is 0 Å². The molecule has 1 saturated heterocycles. The first-order valence-electron chi connectivity index (χ1n) is 7.74. The average molecular weight is 331 g/mol. The van der Waals surface area contributed by atoms with Crippen LogP contribution in [-0.4, -0.2) is 47.1 Å². The van der Waals surface area contributed by atoms with Crippen LogP contribution in [-0.2, 0) is 0 Å². The van der Waals surface area contributed by atoms with E-state index >= 15 is 0 Å². The van der Waals surface area contributed by atoms with Gasteiger partial charge >= 0.3 is 0 Å². The van der Waals surface area contributed by atoms with Gasteiger partial charge in [-0.15, -0.1) is 0 Å². The monoisotopic (exact) mass is 331 g/mol. The molecular weight excluding hydrogens is 313 g/mol. The molecule has 24 heavy (non-hydrogen) atoms. The maximum Gasteiger partial charge on any atom is 0.278 e. The summed E-state index contributed by atoms with van der Waals surface area (Å²) in [5.41, 5.74) is 0.340. The van der Waals surface area contributed by atoms with Crippen LogP contribution in [0.15, 0.2) is 36.7 Å². The first-order valence-corrected chi connectivity index (χ1v) is 7.74. The third-order valence-corrected chi connectivity index (χ3v) is 3.84. The van der Waals surface area contributed by atoms with E-state index in [2.05, 4.69) is 9.97 Å². The maximum absolute atomic E-state index is 13.3. The Morgan fingerprint density at radius 2 is 2.08 bits per heavy atom. The van der Waals surface area contributed by atoms with Gasteiger partial charge in [0.15, 0.2) is 0 Å². The second-order valence-electron chi connectivity index (χ2n) is 5.51. The number of carbonyl (C=O) groups is 1. The van der Waals surface area contributed by atoms with Crippen molar-refractivity contribution in [3.63, 3.8) is 0 Å². The van der Waals surface area contributed by atoms with Crippen LogP contribution in [0.25, 0.3) is 0 Å². The third-order valence-electron chi connectivity index (χ3n) is 3.84. The molecule has 1 amide bonds. The van der Waals surface area contributed by atoms with Crippen molar-refractivity contribution >= 4 is 5.91 Å². The molecule has 0 saturated carbocycles. The average Bonchev–Trinajstić information content (AvgIpc) is 2.62. The predicted molar refractivity (Wildman–Crippen MR) is 84.5 cm³/mol. The summed E-state index contributed by atoms with van der Waals surface area (Å²) in [7, 11) is 1.50. The minimum Gasteiger partial charge on any atom is -0.477 e. The number of methoxy groups -OCH3 is 1. The molecule has 7 heteroatoms. The van der Waals surface area contributed by atoms with Crippen molar-refractivity contribution in [1.82, 2.24) is 14.9 Å². The van der Waals surface area contributed by atoms with E-state index in [4.69, 9.17) is 9.47 Å². The number of likely N-dealkylation sites (tertiary alicyclic amines) is 1. The third kappa shape index (κ3) is 3.61. The molecule has 0 aliphatic carbocycles. The summed E-state index contributed by atoms with van der Waals surface area (Å²) in [4.78, 5) is 22.4. The van der Waals surface area contributed by atoms with Gasteiger partial charge in [0.25, 0.3) is 17.7 Å². The van der Waals surface area contributed by atoms with E-state index in [9.17, 15) is 9.18 Å². The van der Waals surface area contributed by atoms with E-state index in [-0.39, 0.29) is 12.0 Å². The van der Waals surface area contributed by atoms with Gasteiger partial charge in [-0.25, -0.2) is 14.4 Å². The largest absolute Gasteiger partial charge is 0.477 e. The molecule has 2 aromatic rings. The number of piperidine rings is 1. The Hall–Kier alpha value is -2.70. The Bertz CT molecular complexity index is 726. The lowest BCUT2D eigenvalue weighted by molar-refractivity contribution is 0.0519. The summed E-state index contributed by atoms with van der Waals surface area (Å²) < 4.78 is 24.3. The van der Waals surface area contributed by atoms with Crippen molar-refractivity contribution < 1.29 is 18.7 Å². The number of nitrogens with zero attached hydrogens (tertiary/aromatic N) is 3. The number of ether oxygens (including phenoxy) is 2. The van der Waals surface area contributed by atoms with Crippen molar-refractivity contribution in [3.05, 3.63) is 48.0 Å². The lowest BCUT2D eigenvalue weighted by Gasteiger charge is -2.32. The second kappa shape index (κ2) is 7.25. The number of hydrogen-bond acceptors (Lipinski definition) is 5. The second-order valence-corrected chi connectivity index (χ2v) is 5.51. The van der Waals surface area contributed by atoms with Crippen LogP contribution >= 0.6 is 0 Å². The number of amides is 1. The molecule has 1 aromatic carbocycles. The fraction of sp³-hybridized carbons (Fsp3) is 0.353. The van der Waals surface area contributed by atoms with E-state index in [1.807, 2.05) is 0 Å². The van der Waals surface area contributed by atoms with Crippen LogP contribution in [0.1, 0.15) is 23.2 Å². The number of rotatable bonds is 4. The minimum absolute atomic E-state index is 0.200. The zero-order valence-electron chi connectivity index (χ0n) is 13.3. The van der Waals surface area contributed by atoms with Crippen molar-refractivity contribution in [1.29, 1.82) is 0 Å². The van der Waals surface area contributed by atoms with E-state index in [0.717, 1.165) is 12.8 Å². The van der Waals surface area contributed by atoms with Crippen molar-refractivity contribution in [2.24, 2.45) is 0 Å². The lowest BCUT2D eigenvalue weighted by atomic mass is 10.1. The van der Waals surface area contributed by atoms with Crippen molar-refractivity contribution in [3.8, 4) is 11.8 Å². The molecule has 1 fully saturated rings. The Morgan fingerprint density at radius 1 is 1.29 bits per heavy atom. The summed E-state index contributed by atoms with van der Waals surface area (Å²) in [5.74, 6) is 0.00000146. The highest BCUT2D eigenvalue weighted by Crippen LogP contribution is 2.24. The molecule has 1 unspecified atom stereocenters. The summed E-state index contributed by atoms with van der Waals surface area (Å²) in [6.07, 6.45) is 4.44. The maximum atomic E-state index is 13.3. The zero-order chi connectivity index (χ0) is 16.9. The molecule has 0 spiro atoms. The van der Waals surface area contributed by atoms with Gasteiger partial charge in [0.2, 0.25) is 0 Å². The number of halogens is 1. The molecule has 0 N–H and O–H groups in total. The molecule has 1 atom stereocenters. The number of benzene rings is 1. The molecule has 126 valence electrons. The highest BCUT2D eigenvalue weighted by atomic mass is 19.1. The lowest BCUT2D eigenvalue weighted by Crippen LogP contribution is -2.44. The molecule has 1 aliphatic rings. The Morgan fingerprint density at radius 3 is 2.83 bits per heavy atom. The molecular formula is C17H18FN3O3. The van der Waals surface area contributed by atoms with Crippen LogP contribution in [0, 0.1) is 5.82 Å². The van der Waals surface area contributed by atoms with Crippen LogP contribution in [0.2, 0.25) is 0 Å². The summed E-state index contributed by atoms with van der Waals surface area (Å²) in [5, 5.41) is 0. The molecule has 0 bridgehead atoms. The number of carbonyl (C=O) groups excluding carboxylic acids is 1. The Labute approximate surface area is 139 Å². The molecule has 1 aromatic heterocycles. The van der Waals surface area contributed by atoms with Gasteiger partial charge in [0, 0.05) is 24.5 Å². The van der Waals surface area contributed by atoms with Gasteiger partial charge < -0.3 is 14.4 Å². The quantitative estimate of drug-likeness (QED) is 0.860. The number of hydrogen-bond donors (Lipinski definition) is 0. The SMILES string of the molecule is COc1nccnc1OC1CCCN(C(=O)c2cccc(F)c2)C1. The van der Waals surface area contributed by atoms with E-state index in [1.54, 1.807) is 11.0 Å². The summed E-state index contributed by atoms with van der Waals surface area (Å²) >= 11 is 0. The molecule has 6 nitrogen and oxygen atoms in total. The van der Waals surface area contributed by atoms with Crippen LogP contribution < -0.4 is 9.47 Å². The smallest absolute Gasteiger partial charge is 0.278 e. The number of aromatic nitrogens is 2. The van der Waals surface area contributed by atoms with Crippen LogP contribution in [0.4, 0.5) is 4.39 Å². The normalized spacial score (nSPS) is 17.4. The topological polar surface area (TPSA) is 64.6 Å². The Kier molecular flexibility index (Phi) is 4.88. The van der Waals surface area contributed by atoms with Crippen LogP contribution in [0.5, 0.6) is 11.8 Å². The predicted octanol–water partition coefficient (Wildman–Crippen LogP) is 2.31. The fourth-order valence-electron chi connectivity index (χ4n) is 2.71. The van der Waals surface area contributed by atoms with Gasteiger partial charge in [-0.3, -0.25) is 4.79 Å². The Balaban J connectivity index is 1.69. The molecule has 2 heterocycles. The summed E-state index contributed by atoms with van der Waals surface area (Å²) in [6, 6.07) is 5.71. The van der Waals surface area contributed by atoms with Crippen molar-refractivity contribution in [2.75, 3.05) is 20.2 Å². The first-order chi connectivity index (χ1) is 11.7. The summed E-state index contributed by atoms with van der Waals surface area (Å²) in [6.45, 7) is 1.03. The van der Waals surface area contributed by atoms with E-state index in [1.165, 1.54) is 37.7 Å². The molecule has 1 aliphatic heterocycles. The van der Waals surface area contributed by atoms with Crippen molar-refractivity contribution in [2.45, 2.75) is 18.9 Å². The molecule has 3 rings (SSSR count). The van der Waals surface area contributed by atoms with Gasteiger partial charge in [-0.1, -0.05) is 6.07 Å². The van der Waals surface area contributed by atoms with Gasteiger partial charge in [-0.05, 0) is 31.0 Å². The van der Waals surface area contributed by atoms with Gasteiger partial charge in [0.05, 0.1) is 13.7 Å². The zero-order valence-corrected chi connectivity index (χ0v) is 13.3. The highest BCUT2D eigenvalue weighted by molar-refractivity contribution is 5.94. The fourth-order valence-corrected chi connectivity index (χ4v) is 2.71. The standard InChI is InChI=1S/C17H18FN3O3/c1-23-15-16(20-8-7-19-15)24-14-6-3-9-21(11-14)17(22)12-4-2-5-13(18)10-12/h2,4-5,7-8,10,14H,3,6,9,11H2,1H3. The van der Waals surface area contributed by atoms with Gasteiger partial charge in [-0.2, -0.15) is 0 Å². The van der Waals surface area contributed by atoms with E-state index in [0.29, 0.717) is 30.4 Å². The first kappa shape index (κ1) is 16.2. The highest BCUT2D eigenvalue weighted by Gasteiger charge is 2.27. The van der Waals surface area contributed by atoms with Gasteiger partial charge in [0.1, 0.15) is 11.9 Å². The minimum atomic E-state index is -0.421. The molecule has 0 radical (unpaired) electrons. The van der Waals surface area contributed by atoms with E-state index < -0.39 is 5.82 Å².